The lowest BCUT2D eigenvalue weighted by Gasteiger charge is -2.31. The Kier molecular flexibility index (Phi) is 4.66. The number of anilines is 3. The number of rotatable bonds is 5. The molecule has 156 valence electrons. The highest BCUT2D eigenvalue weighted by molar-refractivity contribution is 5.95. The van der Waals surface area contributed by atoms with E-state index in [1.165, 1.54) is 0 Å². The summed E-state index contributed by atoms with van der Waals surface area (Å²) in [6.45, 7) is 1.62. The standard InChI is InChI=1S/C23H22N6O2/c1-31-20-13-16(22(30)28-11-2-12-28)5-9-19(20)25-23-26-21-10-6-17(14-29(21)27-23)15-3-7-18(24)8-4-15/h3-10,13-14H,2,11-12,24H2,1H3,(H,25,27). The maximum absolute atomic E-state index is 12.5. The molecule has 4 aromatic rings. The number of hydrogen-bond acceptors (Lipinski definition) is 6. The van der Waals surface area contributed by atoms with E-state index in [1.54, 1.807) is 23.8 Å². The minimum absolute atomic E-state index is 0.0251. The highest BCUT2D eigenvalue weighted by Gasteiger charge is 2.22. The Labute approximate surface area is 179 Å². The number of nitrogens with zero attached hydrogens (tertiary/aromatic N) is 4. The van der Waals surface area contributed by atoms with Crippen LogP contribution >= 0.6 is 0 Å². The number of methoxy groups -OCH3 is 1. The van der Waals surface area contributed by atoms with Crippen molar-refractivity contribution in [1.82, 2.24) is 19.5 Å². The smallest absolute Gasteiger partial charge is 0.253 e. The van der Waals surface area contributed by atoms with Crippen molar-refractivity contribution < 1.29 is 9.53 Å². The second-order valence-corrected chi connectivity index (χ2v) is 7.46. The van der Waals surface area contributed by atoms with Crippen LogP contribution in [0.3, 0.4) is 0 Å². The van der Waals surface area contributed by atoms with E-state index in [9.17, 15) is 4.79 Å². The summed E-state index contributed by atoms with van der Waals surface area (Å²) in [6.07, 6.45) is 2.98. The van der Waals surface area contributed by atoms with Gasteiger partial charge in [0.1, 0.15) is 5.75 Å². The van der Waals surface area contributed by atoms with Crippen LogP contribution in [-0.2, 0) is 0 Å². The molecule has 1 aliphatic rings. The molecule has 0 aliphatic carbocycles. The average molecular weight is 414 g/mol. The predicted octanol–water partition coefficient (Wildman–Crippen LogP) is 3.58. The van der Waals surface area contributed by atoms with Gasteiger partial charge in [-0.1, -0.05) is 12.1 Å². The fourth-order valence-electron chi connectivity index (χ4n) is 3.53. The van der Waals surface area contributed by atoms with Crippen molar-refractivity contribution in [3.8, 4) is 16.9 Å². The van der Waals surface area contributed by atoms with Gasteiger partial charge in [0.25, 0.3) is 5.91 Å². The molecule has 1 aliphatic heterocycles. The normalized spacial score (nSPS) is 13.1. The molecule has 0 spiro atoms. The van der Waals surface area contributed by atoms with Crippen molar-refractivity contribution >= 4 is 28.9 Å². The molecule has 1 saturated heterocycles. The zero-order valence-corrected chi connectivity index (χ0v) is 17.1. The Balaban J connectivity index is 1.40. The van der Waals surface area contributed by atoms with Crippen LogP contribution in [0.4, 0.5) is 17.3 Å². The molecular weight excluding hydrogens is 392 g/mol. The third-order valence-electron chi connectivity index (χ3n) is 5.41. The number of hydrogen-bond donors (Lipinski definition) is 2. The summed E-state index contributed by atoms with van der Waals surface area (Å²) in [5, 5.41) is 7.73. The van der Waals surface area contributed by atoms with Gasteiger partial charge in [0.15, 0.2) is 5.65 Å². The molecule has 8 nitrogen and oxygen atoms in total. The van der Waals surface area contributed by atoms with E-state index in [0.717, 1.165) is 36.3 Å². The quantitative estimate of drug-likeness (QED) is 0.485. The van der Waals surface area contributed by atoms with Crippen LogP contribution in [0, 0.1) is 0 Å². The van der Waals surface area contributed by atoms with E-state index in [4.69, 9.17) is 10.5 Å². The van der Waals surface area contributed by atoms with Crippen molar-refractivity contribution in [2.24, 2.45) is 0 Å². The molecule has 0 atom stereocenters. The Morgan fingerprint density at radius 2 is 1.84 bits per heavy atom. The van der Waals surface area contributed by atoms with Crippen molar-refractivity contribution in [2.75, 3.05) is 31.2 Å². The maximum Gasteiger partial charge on any atom is 0.253 e. The number of carbonyl (C=O) groups is 1. The SMILES string of the molecule is COc1cc(C(=O)N2CCC2)ccc1Nc1nc2ccc(-c3ccc(N)cc3)cn2n1. The first-order valence-corrected chi connectivity index (χ1v) is 10.1. The zero-order chi connectivity index (χ0) is 21.4. The molecule has 1 amide bonds. The van der Waals surface area contributed by atoms with Crippen LogP contribution in [0.25, 0.3) is 16.8 Å². The number of fused-ring (bicyclic) bond motifs is 1. The number of nitrogens with two attached hydrogens (primary N) is 1. The molecule has 3 N–H and O–H groups in total. The summed E-state index contributed by atoms with van der Waals surface area (Å²) in [4.78, 5) is 18.8. The lowest BCUT2D eigenvalue weighted by atomic mass is 10.1. The van der Waals surface area contributed by atoms with E-state index < -0.39 is 0 Å². The number of amides is 1. The monoisotopic (exact) mass is 414 g/mol. The number of nitrogens with one attached hydrogen (secondary N) is 1. The van der Waals surface area contributed by atoms with Gasteiger partial charge in [-0.2, -0.15) is 4.98 Å². The minimum Gasteiger partial charge on any atom is -0.495 e. The first kappa shape index (κ1) is 18.9. The number of likely N-dealkylation sites (tertiary alicyclic amines) is 1. The van der Waals surface area contributed by atoms with Crippen molar-refractivity contribution in [2.45, 2.75) is 6.42 Å². The van der Waals surface area contributed by atoms with Crippen molar-refractivity contribution in [3.05, 3.63) is 66.4 Å². The summed E-state index contributed by atoms with van der Waals surface area (Å²) >= 11 is 0. The summed E-state index contributed by atoms with van der Waals surface area (Å²) in [5.74, 6) is 1.03. The van der Waals surface area contributed by atoms with Gasteiger partial charge in [0.05, 0.1) is 12.8 Å². The Bertz CT molecular complexity index is 1260. The number of aromatic nitrogens is 3. The topological polar surface area (TPSA) is 97.8 Å². The fourth-order valence-corrected chi connectivity index (χ4v) is 3.53. The largest absolute Gasteiger partial charge is 0.495 e. The van der Waals surface area contributed by atoms with Crippen molar-refractivity contribution in [1.29, 1.82) is 0 Å². The molecule has 8 heteroatoms. The average Bonchev–Trinajstić information content (AvgIpc) is 3.14. The van der Waals surface area contributed by atoms with Crippen LogP contribution < -0.4 is 15.8 Å². The van der Waals surface area contributed by atoms with Crippen LogP contribution in [0.1, 0.15) is 16.8 Å². The third-order valence-corrected chi connectivity index (χ3v) is 5.41. The Morgan fingerprint density at radius 3 is 2.55 bits per heavy atom. The first-order chi connectivity index (χ1) is 15.1. The fraction of sp³-hybridized carbons (Fsp3) is 0.174. The lowest BCUT2D eigenvalue weighted by Crippen LogP contribution is -2.42. The van der Waals surface area contributed by atoms with E-state index in [1.807, 2.05) is 53.6 Å². The van der Waals surface area contributed by atoms with Gasteiger partial charge in [0, 0.05) is 36.1 Å². The minimum atomic E-state index is 0.0251. The number of carbonyl (C=O) groups excluding carboxylic acids is 1. The van der Waals surface area contributed by atoms with Crippen LogP contribution in [-0.4, -0.2) is 45.6 Å². The van der Waals surface area contributed by atoms with E-state index >= 15 is 0 Å². The molecular formula is C23H22N6O2. The zero-order valence-electron chi connectivity index (χ0n) is 17.1. The van der Waals surface area contributed by atoms with Gasteiger partial charge >= 0.3 is 0 Å². The summed E-state index contributed by atoms with van der Waals surface area (Å²) in [7, 11) is 1.58. The number of benzene rings is 2. The third kappa shape index (κ3) is 3.63. The van der Waals surface area contributed by atoms with Gasteiger partial charge in [-0.05, 0) is 54.4 Å². The predicted molar refractivity (Wildman–Crippen MR) is 120 cm³/mol. The van der Waals surface area contributed by atoms with Gasteiger partial charge in [0.2, 0.25) is 5.95 Å². The van der Waals surface area contributed by atoms with E-state index in [0.29, 0.717) is 28.6 Å². The second kappa shape index (κ2) is 7.64. The molecule has 3 heterocycles. The number of nitrogen functional groups attached to an aromatic ring is 1. The van der Waals surface area contributed by atoms with Gasteiger partial charge in [-0.3, -0.25) is 4.79 Å². The summed E-state index contributed by atoms with van der Waals surface area (Å²) in [6, 6.07) is 17.0. The van der Waals surface area contributed by atoms with E-state index in [-0.39, 0.29) is 5.91 Å². The molecule has 0 radical (unpaired) electrons. The summed E-state index contributed by atoms with van der Waals surface area (Å²) < 4.78 is 7.22. The van der Waals surface area contributed by atoms with Gasteiger partial charge < -0.3 is 20.7 Å². The van der Waals surface area contributed by atoms with Crippen LogP contribution in [0.2, 0.25) is 0 Å². The molecule has 2 aromatic heterocycles. The van der Waals surface area contributed by atoms with Crippen molar-refractivity contribution in [3.63, 3.8) is 0 Å². The summed E-state index contributed by atoms with van der Waals surface area (Å²) in [5.41, 5.74) is 10.6. The highest BCUT2D eigenvalue weighted by Crippen LogP contribution is 2.29. The maximum atomic E-state index is 12.5. The molecule has 0 unspecified atom stereocenters. The first-order valence-electron chi connectivity index (χ1n) is 10.1. The van der Waals surface area contributed by atoms with E-state index in [2.05, 4.69) is 15.4 Å². The van der Waals surface area contributed by atoms with Crippen LogP contribution in [0.15, 0.2) is 60.8 Å². The lowest BCUT2D eigenvalue weighted by molar-refractivity contribution is 0.0651. The molecule has 0 bridgehead atoms. The molecule has 0 saturated carbocycles. The molecule has 5 rings (SSSR count). The number of ether oxygens (including phenoxy) is 1. The van der Waals surface area contributed by atoms with Gasteiger partial charge in [-0.25, -0.2) is 4.52 Å². The Hall–Kier alpha value is -4.07. The highest BCUT2D eigenvalue weighted by atomic mass is 16.5. The van der Waals surface area contributed by atoms with Gasteiger partial charge in [-0.15, -0.1) is 5.10 Å². The second-order valence-electron chi connectivity index (χ2n) is 7.46. The Morgan fingerprint density at radius 1 is 1.06 bits per heavy atom. The molecule has 31 heavy (non-hydrogen) atoms. The molecule has 2 aromatic carbocycles. The number of pyridine rings is 1. The molecule has 1 fully saturated rings. The van der Waals surface area contributed by atoms with Crippen LogP contribution in [0.5, 0.6) is 5.75 Å².